The summed E-state index contributed by atoms with van der Waals surface area (Å²) >= 11 is 0. The van der Waals surface area contributed by atoms with E-state index in [-0.39, 0.29) is 23.1 Å². The summed E-state index contributed by atoms with van der Waals surface area (Å²) in [6.07, 6.45) is 2.19. The number of amides is 1. The van der Waals surface area contributed by atoms with Gasteiger partial charge in [-0.1, -0.05) is 12.1 Å². The molecule has 1 aliphatic rings. The minimum Gasteiger partial charge on any atom is -0.367 e. The quantitative estimate of drug-likeness (QED) is 0.866. The van der Waals surface area contributed by atoms with Gasteiger partial charge >= 0.3 is 0 Å². The summed E-state index contributed by atoms with van der Waals surface area (Å²) in [6.45, 7) is 2.61. The van der Waals surface area contributed by atoms with Crippen LogP contribution in [-0.2, 0) is 9.84 Å². The van der Waals surface area contributed by atoms with Gasteiger partial charge in [-0.25, -0.2) is 17.8 Å². The summed E-state index contributed by atoms with van der Waals surface area (Å²) in [4.78, 5) is 18.3. The fraction of sp³-hybridized carbons (Fsp3) is 0.333. The molecule has 0 aliphatic carbocycles. The van der Waals surface area contributed by atoms with E-state index >= 15 is 0 Å². The third kappa shape index (κ3) is 4.01. The lowest BCUT2D eigenvalue weighted by Gasteiger charge is -2.28. The third-order valence-corrected chi connectivity index (χ3v) is 6.18. The lowest BCUT2D eigenvalue weighted by atomic mass is 10.2. The van der Waals surface area contributed by atoms with Gasteiger partial charge in [0, 0.05) is 12.6 Å². The normalized spacial score (nSPS) is 18.5. The van der Waals surface area contributed by atoms with Crippen molar-refractivity contribution in [1.29, 1.82) is 0 Å². The van der Waals surface area contributed by atoms with Gasteiger partial charge < -0.3 is 10.2 Å². The molecule has 2 aromatic rings. The van der Waals surface area contributed by atoms with E-state index in [4.69, 9.17) is 0 Å². The fourth-order valence-electron chi connectivity index (χ4n) is 3.13. The van der Waals surface area contributed by atoms with Crippen molar-refractivity contribution >= 4 is 27.2 Å². The van der Waals surface area contributed by atoms with Crippen LogP contribution in [-0.4, -0.2) is 43.4 Å². The number of nitrogens with one attached hydrogen (secondary N) is 1. The van der Waals surface area contributed by atoms with Crippen LogP contribution in [0.5, 0.6) is 0 Å². The fourth-order valence-corrected chi connectivity index (χ4v) is 4.86. The second-order valence-electron chi connectivity index (χ2n) is 6.18. The Kier molecular flexibility index (Phi) is 5.22. The first-order chi connectivity index (χ1) is 12.4. The third-order valence-electron chi connectivity index (χ3n) is 4.43. The number of aromatic nitrogens is 1. The standard InChI is InChI=1S/C18H20FN3O3S/c1-2-22(14-9-10-26(24,25)12-14)13-7-8-17(20-11-13)21-18(23)15-5-3-4-6-16(15)19/h3-8,11,14H,2,9-10,12H2,1H3,(H,20,21,23). The molecule has 0 radical (unpaired) electrons. The summed E-state index contributed by atoms with van der Waals surface area (Å²) in [5.74, 6) is -0.513. The molecule has 0 saturated carbocycles. The number of hydrogen-bond donors (Lipinski definition) is 1. The first-order valence-corrected chi connectivity index (χ1v) is 10.2. The topological polar surface area (TPSA) is 79.4 Å². The number of nitrogens with zero attached hydrogens (tertiary/aromatic N) is 2. The molecule has 1 saturated heterocycles. The summed E-state index contributed by atoms with van der Waals surface area (Å²) in [5, 5.41) is 2.56. The predicted molar refractivity (Wildman–Crippen MR) is 98.7 cm³/mol. The van der Waals surface area contributed by atoms with Crippen molar-refractivity contribution in [1.82, 2.24) is 4.98 Å². The number of anilines is 2. The molecule has 1 unspecified atom stereocenters. The van der Waals surface area contributed by atoms with Crippen molar-refractivity contribution < 1.29 is 17.6 Å². The molecule has 1 N–H and O–H groups in total. The van der Waals surface area contributed by atoms with Gasteiger partial charge in [-0.3, -0.25) is 4.79 Å². The molecule has 0 bridgehead atoms. The molecular formula is C18H20FN3O3S. The summed E-state index contributed by atoms with van der Waals surface area (Å²) in [6, 6.07) is 9.06. The predicted octanol–water partition coefficient (Wildman–Crippen LogP) is 2.49. The smallest absolute Gasteiger partial charge is 0.259 e. The van der Waals surface area contributed by atoms with E-state index in [0.717, 1.165) is 5.69 Å². The number of halogens is 1. The van der Waals surface area contributed by atoms with Crippen molar-refractivity contribution in [2.45, 2.75) is 19.4 Å². The summed E-state index contributed by atoms with van der Waals surface area (Å²) < 4.78 is 37.1. The minimum absolute atomic E-state index is 0.0512. The van der Waals surface area contributed by atoms with Gasteiger partial charge in [0.25, 0.3) is 5.91 Å². The Bertz CT molecular complexity index is 900. The number of carbonyl (C=O) groups is 1. The molecule has 1 fully saturated rings. The molecular weight excluding hydrogens is 357 g/mol. The van der Waals surface area contributed by atoms with Crippen LogP contribution < -0.4 is 10.2 Å². The molecule has 138 valence electrons. The average molecular weight is 377 g/mol. The van der Waals surface area contributed by atoms with Crippen LogP contribution >= 0.6 is 0 Å². The van der Waals surface area contributed by atoms with E-state index in [0.29, 0.717) is 18.8 Å². The molecule has 3 rings (SSSR count). The maximum absolute atomic E-state index is 13.7. The van der Waals surface area contributed by atoms with Crippen LogP contribution in [0, 0.1) is 5.82 Å². The second kappa shape index (κ2) is 7.41. The van der Waals surface area contributed by atoms with Crippen LogP contribution in [0.3, 0.4) is 0 Å². The first-order valence-electron chi connectivity index (χ1n) is 8.38. The lowest BCUT2D eigenvalue weighted by molar-refractivity contribution is 0.102. The number of benzene rings is 1. The molecule has 1 atom stereocenters. The maximum atomic E-state index is 13.7. The highest BCUT2D eigenvalue weighted by molar-refractivity contribution is 7.91. The monoisotopic (exact) mass is 377 g/mol. The number of sulfone groups is 1. The van der Waals surface area contributed by atoms with Crippen LogP contribution in [0.1, 0.15) is 23.7 Å². The van der Waals surface area contributed by atoms with Crippen molar-refractivity contribution in [3.8, 4) is 0 Å². The van der Waals surface area contributed by atoms with Crippen LogP contribution in [0.4, 0.5) is 15.9 Å². The van der Waals surface area contributed by atoms with Crippen molar-refractivity contribution in [2.24, 2.45) is 0 Å². The van der Waals surface area contributed by atoms with E-state index in [1.54, 1.807) is 24.4 Å². The highest BCUT2D eigenvalue weighted by atomic mass is 32.2. The van der Waals surface area contributed by atoms with Crippen molar-refractivity contribution in [2.75, 3.05) is 28.3 Å². The van der Waals surface area contributed by atoms with Crippen molar-refractivity contribution in [3.05, 3.63) is 54.0 Å². The minimum atomic E-state index is -2.97. The zero-order chi connectivity index (χ0) is 18.7. The molecule has 6 nitrogen and oxygen atoms in total. The molecule has 1 aromatic heterocycles. The van der Waals surface area contributed by atoms with Crippen LogP contribution in [0.25, 0.3) is 0 Å². The highest BCUT2D eigenvalue weighted by Crippen LogP contribution is 2.24. The van der Waals surface area contributed by atoms with E-state index in [9.17, 15) is 17.6 Å². The van der Waals surface area contributed by atoms with Gasteiger partial charge in [-0.2, -0.15) is 0 Å². The molecule has 26 heavy (non-hydrogen) atoms. The largest absolute Gasteiger partial charge is 0.367 e. The Morgan fingerprint density at radius 1 is 1.31 bits per heavy atom. The summed E-state index contributed by atoms with van der Waals surface area (Å²) in [5.41, 5.74) is 0.739. The highest BCUT2D eigenvalue weighted by Gasteiger charge is 2.31. The van der Waals surface area contributed by atoms with E-state index in [1.807, 2.05) is 11.8 Å². The molecule has 1 aliphatic heterocycles. The van der Waals surface area contributed by atoms with Gasteiger partial charge in [0.2, 0.25) is 0 Å². The van der Waals surface area contributed by atoms with Crippen molar-refractivity contribution in [3.63, 3.8) is 0 Å². The van der Waals surface area contributed by atoms with Gasteiger partial charge in [0.05, 0.1) is 29.0 Å². The van der Waals surface area contributed by atoms with Crippen LogP contribution in [0.15, 0.2) is 42.6 Å². The van der Waals surface area contributed by atoms with Gasteiger partial charge in [0.15, 0.2) is 9.84 Å². The van der Waals surface area contributed by atoms with Gasteiger partial charge in [-0.05, 0) is 37.6 Å². The summed E-state index contributed by atoms with van der Waals surface area (Å²) in [7, 11) is -2.97. The zero-order valence-electron chi connectivity index (χ0n) is 14.4. The number of hydrogen-bond acceptors (Lipinski definition) is 5. The Morgan fingerprint density at radius 2 is 2.08 bits per heavy atom. The SMILES string of the molecule is CCN(c1ccc(NC(=O)c2ccccc2F)nc1)C1CCS(=O)(=O)C1. The van der Waals surface area contributed by atoms with Crippen LogP contribution in [0.2, 0.25) is 0 Å². The molecule has 1 aromatic carbocycles. The van der Waals surface area contributed by atoms with Gasteiger partial charge in [0.1, 0.15) is 11.6 Å². The Balaban J connectivity index is 1.72. The molecule has 2 heterocycles. The number of pyridine rings is 1. The Morgan fingerprint density at radius 3 is 2.65 bits per heavy atom. The van der Waals surface area contributed by atoms with E-state index < -0.39 is 21.6 Å². The van der Waals surface area contributed by atoms with E-state index in [2.05, 4.69) is 10.3 Å². The Labute approximate surface area is 152 Å². The molecule has 1 amide bonds. The average Bonchev–Trinajstić information content (AvgIpc) is 2.97. The number of rotatable bonds is 5. The molecule has 0 spiro atoms. The van der Waals surface area contributed by atoms with Gasteiger partial charge in [-0.15, -0.1) is 0 Å². The second-order valence-corrected chi connectivity index (χ2v) is 8.41. The zero-order valence-corrected chi connectivity index (χ0v) is 15.2. The van der Waals surface area contributed by atoms with E-state index in [1.165, 1.54) is 18.2 Å². The maximum Gasteiger partial charge on any atom is 0.259 e. The Hall–Kier alpha value is -2.48. The molecule has 8 heteroatoms. The first kappa shape index (κ1) is 18.3. The lowest BCUT2D eigenvalue weighted by Crippen LogP contribution is -2.36. The number of carbonyl (C=O) groups excluding carboxylic acids is 1.